The quantitative estimate of drug-likeness (QED) is 0.772. The van der Waals surface area contributed by atoms with Gasteiger partial charge in [-0.25, -0.2) is 0 Å². The van der Waals surface area contributed by atoms with Gasteiger partial charge in [0.1, 0.15) is 0 Å². The van der Waals surface area contributed by atoms with E-state index in [2.05, 4.69) is 42.5 Å². The molecule has 1 N–H and O–H groups in total. The zero-order chi connectivity index (χ0) is 12.0. The standard InChI is InChI=1S/C13H21NOS/c1-11(15)8-9-14(2)10-12-6-4-5-7-13(12)16-3/h4-7,11,15H,8-10H2,1-3H3. The highest BCUT2D eigenvalue weighted by molar-refractivity contribution is 7.98. The SMILES string of the molecule is CSc1ccccc1CN(C)CCC(C)O. The van der Waals surface area contributed by atoms with E-state index in [1.807, 2.05) is 6.92 Å². The average molecular weight is 239 g/mol. The Balaban J connectivity index is 2.51. The second-order valence-corrected chi connectivity index (χ2v) is 5.04. The molecule has 0 aliphatic carbocycles. The molecule has 0 radical (unpaired) electrons. The van der Waals surface area contributed by atoms with E-state index in [1.54, 1.807) is 11.8 Å². The van der Waals surface area contributed by atoms with Crippen molar-refractivity contribution in [2.45, 2.75) is 30.9 Å². The van der Waals surface area contributed by atoms with Crippen molar-refractivity contribution in [3.8, 4) is 0 Å². The Hall–Kier alpha value is -0.510. The predicted octanol–water partition coefficient (Wildman–Crippen LogP) is 2.61. The first-order valence-corrected chi connectivity index (χ1v) is 6.84. The molecular weight excluding hydrogens is 218 g/mol. The van der Waals surface area contributed by atoms with Gasteiger partial charge in [0.25, 0.3) is 0 Å². The van der Waals surface area contributed by atoms with Crippen LogP contribution in [-0.4, -0.2) is 36.0 Å². The summed E-state index contributed by atoms with van der Waals surface area (Å²) in [7, 11) is 2.10. The maximum Gasteiger partial charge on any atom is 0.0524 e. The summed E-state index contributed by atoms with van der Waals surface area (Å²) in [5, 5.41) is 9.24. The molecule has 2 nitrogen and oxygen atoms in total. The molecule has 0 saturated carbocycles. The van der Waals surface area contributed by atoms with E-state index >= 15 is 0 Å². The number of nitrogens with zero attached hydrogens (tertiary/aromatic N) is 1. The van der Waals surface area contributed by atoms with Crippen LogP contribution in [0.1, 0.15) is 18.9 Å². The van der Waals surface area contributed by atoms with Gasteiger partial charge in [0.05, 0.1) is 6.10 Å². The van der Waals surface area contributed by atoms with Crippen molar-refractivity contribution < 1.29 is 5.11 Å². The van der Waals surface area contributed by atoms with E-state index in [1.165, 1.54) is 10.5 Å². The molecule has 90 valence electrons. The Kier molecular flexibility index (Phi) is 5.88. The number of benzene rings is 1. The fourth-order valence-corrected chi connectivity index (χ4v) is 2.22. The number of aliphatic hydroxyl groups excluding tert-OH is 1. The third-order valence-electron chi connectivity index (χ3n) is 2.56. The van der Waals surface area contributed by atoms with Crippen molar-refractivity contribution in [2.75, 3.05) is 19.8 Å². The molecule has 0 aromatic heterocycles. The minimum atomic E-state index is -0.210. The number of thioether (sulfide) groups is 1. The summed E-state index contributed by atoms with van der Waals surface area (Å²) >= 11 is 1.79. The molecule has 3 heteroatoms. The van der Waals surface area contributed by atoms with Crippen LogP contribution in [-0.2, 0) is 6.54 Å². The Bertz CT molecular complexity index is 315. The van der Waals surface area contributed by atoms with Crippen molar-refractivity contribution in [3.63, 3.8) is 0 Å². The summed E-state index contributed by atoms with van der Waals surface area (Å²) < 4.78 is 0. The summed E-state index contributed by atoms with van der Waals surface area (Å²) in [4.78, 5) is 3.59. The predicted molar refractivity (Wildman–Crippen MR) is 70.9 cm³/mol. The summed E-state index contributed by atoms with van der Waals surface area (Å²) in [5.74, 6) is 0. The lowest BCUT2D eigenvalue weighted by Crippen LogP contribution is -2.22. The van der Waals surface area contributed by atoms with Crippen LogP contribution in [0, 0.1) is 0 Å². The van der Waals surface area contributed by atoms with Crippen LogP contribution in [0.3, 0.4) is 0 Å². The Morgan fingerprint density at radius 3 is 2.69 bits per heavy atom. The number of hydrogen-bond acceptors (Lipinski definition) is 3. The van der Waals surface area contributed by atoms with Gasteiger partial charge in [-0.3, -0.25) is 0 Å². The van der Waals surface area contributed by atoms with E-state index < -0.39 is 0 Å². The van der Waals surface area contributed by atoms with Crippen molar-refractivity contribution in [1.82, 2.24) is 4.90 Å². The molecule has 16 heavy (non-hydrogen) atoms. The van der Waals surface area contributed by atoms with Gasteiger partial charge < -0.3 is 10.0 Å². The first-order valence-electron chi connectivity index (χ1n) is 5.62. The van der Waals surface area contributed by atoms with Gasteiger partial charge >= 0.3 is 0 Å². The average Bonchev–Trinajstić information content (AvgIpc) is 2.27. The minimum absolute atomic E-state index is 0.210. The molecule has 0 aliphatic heterocycles. The highest BCUT2D eigenvalue weighted by Gasteiger charge is 2.05. The van der Waals surface area contributed by atoms with E-state index in [-0.39, 0.29) is 6.10 Å². The van der Waals surface area contributed by atoms with Crippen molar-refractivity contribution in [2.24, 2.45) is 0 Å². The van der Waals surface area contributed by atoms with Crippen LogP contribution in [0.5, 0.6) is 0 Å². The maximum absolute atomic E-state index is 9.24. The summed E-state index contributed by atoms with van der Waals surface area (Å²) in [6.07, 6.45) is 2.73. The third-order valence-corrected chi connectivity index (χ3v) is 3.40. The van der Waals surface area contributed by atoms with Gasteiger partial charge in [-0.15, -0.1) is 11.8 Å². The molecule has 0 aliphatic rings. The molecule has 0 spiro atoms. The largest absolute Gasteiger partial charge is 0.393 e. The highest BCUT2D eigenvalue weighted by atomic mass is 32.2. The molecule has 0 amide bonds. The molecule has 0 bridgehead atoms. The Morgan fingerprint density at radius 1 is 1.38 bits per heavy atom. The van der Waals surface area contributed by atoms with Gasteiger partial charge in [0.15, 0.2) is 0 Å². The van der Waals surface area contributed by atoms with E-state index in [0.29, 0.717) is 0 Å². The van der Waals surface area contributed by atoms with Gasteiger partial charge in [-0.2, -0.15) is 0 Å². The first kappa shape index (κ1) is 13.6. The summed E-state index contributed by atoms with van der Waals surface area (Å²) in [6.45, 7) is 3.72. The second-order valence-electron chi connectivity index (χ2n) is 4.19. The molecular formula is C13H21NOS. The van der Waals surface area contributed by atoms with E-state index in [4.69, 9.17) is 0 Å². The van der Waals surface area contributed by atoms with Crippen molar-refractivity contribution in [1.29, 1.82) is 0 Å². The molecule has 1 unspecified atom stereocenters. The highest BCUT2D eigenvalue weighted by Crippen LogP contribution is 2.20. The zero-order valence-corrected chi connectivity index (χ0v) is 11.1. The van der Waals surface area contributed by atoms with Crippen molar-refractivity contribution in [3.05, 3.63) is 29.8 Å². The lowest BCUT2D eigenvalue weighted by atomic mass is 10.2. The first-order chi connectivity index (χ1) is 7.63. The second kappa shape index (κ2) is 6.94. The number of hydrogen-bond donors (Lipinski definition) is 1. The van der Waals surface area contributed by atoms with E-state index in [0.717, 1.165) is 19.5 Å². The van der Waals surface area contributed by atoms with Gasteiger partial charge in [0.2, 0.25) is 0 Å². The maximum atomic E-state index is 9.24. The zero-order valence-electron chi connectivity index (χ0n) is 10.3. The lowest BCUT2D eigenvalue weighted by Gasteiger charge is -2.19. The minimum Gasteiger partial charge on any atom is -0.393 e. The molecule has 0 heterocycles. The lowest BCUT2D eigenvalue weighted by molar-refractivity contribution is 0.162. The van der Waals surface area contributed by atoms with Gasteiger partial charge in [0, 0.05) is 18.0 Å². The van der Waals surface area contributed by atoms with Gasteiger partial charge in [-0.05, 0) is 38.3 Å². The van der Waals surface area contributed by atoms with Gasteiger partial charge in [-0.1, -0.05) is 18.2 Å². The molecule has 1 rings (SSSR count). The summed E-state index contributed by atoms with van der Waals surface area (Å²) in [6, 6.07) is 8.48. The number of rotatable bonds is 6. The van der Waals surface area contributed by atoms with Crippen LogP contribution in [0.25, 0.3) is 0 Å². The fourth-order valence-electron chi connectivity index (χ4n) is 1.61. The number of aliphatic hydroxyl groups is 1. The van der Waals surface area contributed by atoms with Crippen LogP contribution in [0.15, 0.2) is 29.2 Å². The van der Waals surface area contributed by atoms with Crippen LogP contribution < -0.4 is 0 Å². The topological polar surface area (TPSA) is 23.5 Å². The third kappa shape index (κ3) is 4.56. The Morgan fingerprint density at radius 2 is 2.06 bits per heavy atom. The van der Waals surface area contributed by atoms with Crippen molar-refractivity contribution >= 4 is 11.8 Å². The summed E-state index contributed by atoms with van der Waals surface area (Å²) in [5.41, 5.74) is 1.36. The Labute approximate surface area is 103 Å². The van der Waals surface area contributed by atoms with Crippen LogP contribution >= 0.6 is 11.8 Å². The van der Waals surface area contributed by atoms with Crippen LogP contribution in [0.2, 0.25) is 0 Å². The molecule has 1 atom stereocenters. The smallest absolute Gasteiger partial charge is 0.0524 e. The normalized spacial score (nSPS) is 13.1. The fraction of sp³-hybridized carbons (Fsp3) is 0.538. The molecule has 0 fully saturated rings. The molecule has 1 aromatic rings. The molecule has 1 aromatic carbocycles. The molecule has 0 saturated heterocycles. The monoisotopic (exact) mass is 239 g/mol. The van der Waals surface area contributed by atoms with Crippen LogP contribution in [0.4, 0.5) is 0 Å². The van der Waals surface area contributed by atoms with E-state index in [9.17, 15) is 5.11 Å².